The molecule has 1 aromatic carbocycles. The van der Waals surface area contributed by atoms with Crippen molar-refractivity contribution < 1.29 is 19.8 Å². The third-order valence-corrected chi connectivity index (χ3v) is 3.73. The fourth-order valence-electron chi connectivity index (χ4n) is 2.35. The Bertz CT molecular complexity index is 520. The number of rotatable bonds is 4. The molecule has 0 saturated carbocycles. The number of aliphatic carboxylic acids is 1. The van der Waals surface area contributed by atoms with Crippen molar-refractivity contribution in [1.29, 1.82) is 0 Å². The first-order valence-electron chi connectivity index (χ1n) is 6.66. The van der Waals surface area contributed by atoms with Crippen molar-refractivity contribution in [3.05, 3.63) is 29.3 Å². The minimum absolute atomic E-state index is 0.0314. The number of aliphatic hydroxyl groups is 1. The van der Waals surface area contributed by atoms with Crippen LogP contribution in [0.5, 0.6) is 0 Å². The van der Waals surface area contributed by atoms with E-state index < -0.39 is 12.5 Å². The van der Waals surface area contributed by atoms with Gasteiger partial charge in [0.05, 0.1) is 0 Å². The van der Waals surface area contributed by atoms with Gasteiger partial charge in [-0.3, -0.25) is 9.69 Å². The summed E-state index contributed by atoms with van der Waals surface area (Å²) in [4.78, 5) is 26.3. The minimum Gasteiger partial charge on any atom is -0.480 e. The van der Waals surface area contributed by atoms with Gasteiger partial charge in [-0.2, -0.15) is 0 Å². The second-order valence-corrected chi connectivity index (χ2v) is 5.46. The van der Waals surface area contributed by atoms with E-state index in [2.05, 4.69) is 0 Å². The van der Waals surface area contributed by atoms with Crippen molar-refractivity contribution in [3.63, 3.8) is 0 Å². The molecule has 114 valence electrons. The van der Waals surface area contributed by atoms with Crippen LogP contribution in [0, 0.1) is 5.92 Å². The molecule has 1 aliphatic rings. The van der Waals surface area contributed by atoms with E-state index in [1.807, 2.05) is 0 Å². The molecule has 2 rings (SSSR count). The molecule has 6 nitrogen and oxygen atoms in total. The van der Waals surface area contributed by atoms with Gasteiger partial charge in [-0.05, 0) is 30.7 Å². The van der Waals surface area contributed by atoms with Gasteiger partial charge >= 0.3 is 12.0 Å². The number of aliphatic hydroxyl groups excluding tert-OH is 1. The Morgan fingerprint density at radius 3 is 2.52 bits per heavy atom. The summed E-state index contributed by atoms with van der Waals surface area (Å²) < 4.78 is 0. The summed E-state index contributed by atoms with van der Waals surface area (Å²) >= 11 is 5.81. The molecule has 1 aromatic rings. The highest BCUT2D eigenvalue weighted by atomic mass is 35.5. The molecule has 1 saturated heterocycles. The summed E-state index contributed by atoms with van der Waals surface area (Å²) in [6.45, 7) is 0.581. The largest absolute Gasteiger partial charge is 0.480 e. The molecule has 0 bridgehead atoms. The van der Waals surface area contributed by atoms with Crippen LogP contribution in [0.1, 0.15) is 6.42 Å². The summed E-state index contributed by atoms with van der Waals surface area (Å²) in [5.41, 5.74) is 0.485. The molecular weight excluding hydrogens is 296 g/mol. The zero-order chi connectivity index (χ0) is 15.4. The van der Waals surface area contributed by atoms with E-state index >= 15 is 0 Å². The lowest BCUT2D eigenvalue weighted by Gasteiger charge is -2.27. The van der Waals surface area contributed by atoms with Crippen LogP contribution >= 0.6 is 11.6 Å². The lowest BCUT2D eigenvalue weighted by Crippen LogP contribution is -2.44. The second kappa shape index (κ2) is 6.78. The van der Waals surface area contributed by atoms with Crippen molar-refractivity contribution in [2.75, 3.05) is 31.1 Å². The maximum atomic E-state index is 12.5. The average molecular weight is 313 g/mol. The van der Waals surface area contributed by atoms with Crippen molar-refractivity contribution in [1.82, 2.24) is 4.90 Å². The number of benzene rings is 1. The molecule has 1 atom stereocenters. The number of carboxylic acid groups (broad SMARTS) is 1. The highest BCUT2D eigenvalue weighted by Crippen LogP contribution is 2.22. The van der Waals surface area contributed by atoms with E-state index in [0.29, 0.717) is 23.8 Å². The molecule has 2 N–H and O–H groups in total. The van der Waals surface area contributed by atoms with Crippen molar-refractivity contribution >= 4 is 29.3 Å². The van der Waals surface area contributed by atoms with Gasteiger partial charge in [-0.15, -0.1) is 0 Å². The topological polar surface area (TPSA) is 81.1 Å². The Morgan fingerprint density at radius 1 is 1.33 bits per heavy atom. The maximum absolute atomic E-state index is 12.5. The van der Waals surface area contributed by atoms with E-state index in [1.54, 1.807) is 29.2 Å². The SMILES string of the molecule is O=C(O)CN(C(=O)N1CCC(CO)C1)c1ccc(Cl)cc1. The first-order valence-corrected chi connectivity index (χ1v) is 7.03. The van der Waals surface area contributed by atoms with Crippen LogP contribution < -0.4 is 4.90 Å². The summed E-state index contributed by atoms with van der Waals surface area (Å²) in [5, 5.41) is 18.7. The molecule has 0 radical (unpaired) electrons. The molecule has 2 amide bonds. The van der Waals surface area contributed by atoms with Crippen LogP contribution in [-0.4, -0.2) is 53.4 Å². The van der Waals surface area contributed by atoms with Crippen LogP contribution in [0.25, 0.3) is 0 Å². The van der Waals surface area contributed by atoms with Crippen LogP contribution in [-0.2, 0) is 4.79 Å². The number of urea groups is 1. The highest BCUT2D eigenvalue weighted by Gasteiger charge is 2.30. The molecule has 1 unspecified atom stereocenters. The number of hydrogen-bond acceptors (Lipinski definition) is 3. The fourth-order valence-corrected chi connectivity index (χ4v) is 2.48. The van der Waals surface area contributed by atoms with E-state index in [-0.39, 0.29) is 18.6 Å². The number of carbonyl (C=O) groups is 2. The first-order chi connectivity index (χ1) is 10.0. The smallest absolute Gasteiger partial charge is 0.325 e. The van der Waals surface area contributed by atoms with Gasteiger partial charge in [0.2, 0.25) is 0 Å². The van der Waals surface area contributed by atoms with Gasteiger partial charge in [-0.25, -0.2) is 4.79 Å². The number of amides is 2. The molecule has 1 heterocycles. The molecule has 0 aliphatic carbocycles. The lowest BCUT2D eigenvalue weighted by atomic mass is 10.1. The maximum Gasteiger partial charge on any atom is 0.325 e. The second-order valence-electron chi connectivity index (χ2n) is 5.02. The molecule has 1 aliphatic heterocycles. The summed E-state index contributed by atoms with van der Waals surface area (Å²) in [6.07, 6.45) is 0.726. The van der Waals surface area contributed by atoms with Crippen LogP contribution in [0.4, 0.5) is 10.5 Å². The summed E-state index contributed by atoms with van der Waals surface area (Å²) in [5.74, 6) is -1.03. The average Bonchev–Trinajstić information content (AvgIpc) is 2.94. The van der Waals surface area contributed by atoms with Gasteiger partial charge in [0.1, 0.15) is 6.54 Å². The van der Waals surface area contributed by atoms with Gasteiger partial charge < -0.3 is 15.1 Å². The molecule has 0 aromatic heterocycles. The Kier molecular flexibility index (Phi) is 5.03. The lowest BCUT2D eigenvalue weighted by molar-refractivity contribution is -0.135. The van der Waals surface area contributed by atoms with Gasteiger partial charge in [0.15, 0.2) is 0 Å². The standard InChI is InChI=1S/C14H17ClN2O4/c15-11-1-3-12(4-2-11)17(8-13(19)20)14(21)16-6-5-10(7-16)9-18/h1-4,10,18H,5-9H2,(H,19,20). The van der Waals surface area contributed by atoms with Gasteiger partial charge in [0.25, 0.3) is 0 Å². The monoisotopic (exact) mass is 312 g/mol. The molecule has 0 spiro atoms. The number of halogens is 1. The van der Waals surface area contributed by atoms with Crippen LogP contribution in [0.3, 0.4) is 0 Å². The van der Waals surface area contributed by atoms with E-state index in [9.17, 15) is 9.59 Å². The number of hydrogen-bond donors (Lipinski definition) is 2. The van der Waals surface area contributed by atoms with Gasteiger partial charge in [-0.1, -0.05) is 11.6 Å². The Morgan fingerprint density at radius 2 is 2.00 bits per heavy atom. The van der Waals surface area contributed by atoms with Crippen molar-refractivity contribution in [3.8, 4) is 0 Å². The molecular formula is C14H17ClN2O4. The zero-order valence-electron chi connectivity index (χ0n) is 11.4. The zero-order valence-corrected chi connectivity index (χ0v) is 12.2. The predicted octanol–water partition coefficient (Wildman–Crippen LogP) is 1.67. The highest BCUT2D eigenvalue weighted by molar-refractivity contribution is 6.30. The van der Waals surface area contributed by atoms with Crippen LogP contribution in [0.15, 0.2) is 24.3 Å². The third kappa shape index (κ3) is 3.86. The Hall–Kier alpha value is -1.79. The van der Waals surface area contributed by atoms with Gasteiger partial charge in [0, 0.05) is 36.3 Å². The van der Waals surface area contributed by atoms with Crippen LogP contribution in [0.2, 0.25) is 5.02 Å². The van der Waals surface area contributed by atoms with E-state index in [1.165, 1.54) is 4.90 Å². The summed E-state index contributed by atoms with van der Waals surface area (Å²) in [6, 6.07) is 6.08. The summed E-state index contributed by atoms with van der Waals surface area (Å²) in [7, 11) is 0. The Labute approximate surface area is 127 Å². The fraction of sp³-hybridized carbons (Fsp3) is 0.429. The quantitative estimate of drug-likeness (QED) is 0.886. The molecule has 21 heavy (non-hydrogen) atoms. The number of carboxylic acids is 1. The van der Waals surface area contributed by atoms with E-state index in [4.69, 9.17) is 21.8 Å². The number of carbonyl (C=O) groups excluding carboxylic acids is 1. The Balaban J connectivity index is 2.17. The van der Waals surface area contributed by atoms with E-state index in [0.717, 1.165) is 6.42 Å². The van der Waals surface area contributed by atoms with Crippen molar-refractivity contribution in [2.45, 2.75) is 6.42 Å². The third-order valence-electron chi connectivity index (χ3n) is 3.48. The predicted molar refractivity (Wildman–Crippen MR) is 78.6 cm³/mol. The van der Waals surface area contributed by atoms with Crippen molar-refractivity contribution in [2.24, 2.45) is 5.92 Å². The normalized spacial score (nSPS) is 17.8. The minimum atomic E-state index is -1.09. The molecule has 1 fully saturated rings. The number of nitrogens with zero attached hydrogens (tertiary/aromatic N) is 2. The number of anilines is 1. The first kappa shape index (κ1) is 15.6. The number of likely N-dealkylation sites (tertiary alicyclic amines) is 1. The molecule has 7 heteroatoms.